The van der Waals surface area contributed by atoms with Gasteiger partial charge in [0.05, 0.1) is 16.8 Å². The molecule has 0 atom stereocenters. The molecule has 1 saturated heterocycles. The Morgan fingerprint density at radius 3 is 2.62 bits per heavy atom. The average molecular weight is 346 g/mol. The molecule has 0 aromatic carbocycles. The van der Waals surface area contributed by atoms with Crippen molar-refractivity contribution in [2.75, 3.05) is 0 Å². The van der Waals surface area contributed by atoms with E-state index in [1.54, 1.807) is 24.7 Å². The Balaban J connectivity index is 0.00000169. The molecular weight excluding hydrogens is 335 g/mol. The van der Waals surface area contributed by atoms with Gasteiger partial charge in [-0.25, -0.2) is 4.98 Å². The standard InChI is InChI=1S/C16H10N4O2S.Na.H/c21-15-13(23-16(22)19-15)7-10-1-2-14-18-8-12(20(14)9-10)11-3-5-17-6-4-11;;/h1-9H,(H,19,21,22);;. The van der Waals surface area contributed by atoms with Gasteiger partial charge < -0.3 is 0 Å². The van der Waals surface area contributed by atoms with Gasteiger partial charge in [0.1, 0.15) is 5.65 Å². The first-order valence-electron chi connectivity index (χ1n) is 6.83. The Kier molecular flexibility index (Phi) is 4.86. The molecule has 114 valence electrons. The van der Waals surface area contributed by atoms with Crippen LogP contribution < -0.4 is 5.32 Å². The number of amides is 2. The van der Waals surface area contributed by atoms with Crippen LogP contribution in [-0.4, -0.2) is 55.1 Å². The quantitative estimate of drug-likeness (QED) is 0.568. The second kappa shape index (κ2) is 6.90. The molecule has 8 heteroatoms. The number of nitrogens with one attached hydrogen (secondary N) is 1. The first-order chi connectivity index (χ1) is 11.2. The van der Waals surface area contributed by atoms with Crippen LogP contribution in [0.2, 0.25) is 0 Å². The average Bonchev–Trinajstić information content (AvgIpc) is 3.11. The van der Waals surface area contributed by atoms with Gasteiger partial charge in [0.15, 0.2) is 0 Å². The number of aromatic nitrogens is 3. The number of hydrogen-bond donors (Lipinski definition) is 1. The van der Waals surface area contributed by atoms with Crippen molar-refractivity contribution >= 4 is 64.2 Å². The molecular formula is C16H11N4NaO2S. The van der Waals surface area contributed by atoms with Gasteiger partial charge in [-0.15, -0.1) is 0 Å². The summed E-state index contributed by atoms with van der Waals surface area (Å²) < 4.78 is 1.95. The first-order valence-corrected chi connectivity index (χ1v) is 7.65. The summed E-state index contributed by atoms with van der Waals surface area (Å²) in [6, 6.07) is 7.56. The summed E-state index contributed by atoms with van der Waals surface area (Å²) in [5, 5.41) is 1.90. The van der Waals surface area contributed by atoms with E-state index in [0.29, 0.717) is 4.91 Å². The Morgan fingerprint density at radius 1 is 1.12 bits per heavy atom. The molecule has 1 aliphatic heterocycles. The summed E-state index contributed by atoms with van der Waals surface area (Å²) in [5.74, 6) is -0.361. The minimum atomic E-state index is -0.361. The van der Waals surface area contributed by atoms with Gasteiger partial charge in [0, 0.05) is 24.2 Å². The van der Waals surface area contributed by atoms with Crippen molar-refractivity contribution in [3.8, 4) is 11.3 Å². The molecule has 1 aliphatic rings. The molecule has 2 amide bonds. The number of hydrogen-bond acceptors (Lipinski definition) is 5. The van der Waals surface area contributed by atoms with Crippen molar-refractivity contribution in [2.24, 2.45) is 0 Å². The molecule has 3 aromatic heterocycles. The van der Waals surface area contributed by atoms with Crippen LogP contribution in [0.3, 0.4) is 0 Å². The van der Waals surface area contributed by atoms with E-state index in [-0.39, 0.29) is 40.7 Å². The van der Waals surface area contributed by atoms with Crippen LogP contribution in [0.5, 0.6) is 0 Å². The van der Waals surface area contributed by atoms with E-state index in [2.05, 4.69) is 15.3 Å². The zero-order valence-electron chi connectivity index (χ0n) is 11.8. The van der Waals surface area contributed by atoms with Gasteiger partial charge in [0.2, 0.25) is 0 Å². The zero-order valence-corrected chi connectivity index (χ0v) is 12.6. The van der Waals surface area contributed by atoms with Gasteiger partial charge in [-0.2, -0.15) is 0 Å². The normalized spacial score (nSPS) is 15.6. The predicted octanol–water partition coefficient (Wildman–Crippen LogP) is 2.07. The topological polar surface area (TPSA) is 76.4 Å². The number of imide groups is 1. The Morgan fingerprint density at radius 2 is 1.92 bits per heavy atom. The Labute approximate surface area is 163 Å². The van der Waals surface area contributed by atoms with Crippen molar-refractivity contribution in [2.45, 2.75) is 0 Å². The predicted molar refractivity (Wildman–Crippen MR) is 94.7 cm³/mol. The van der Waals surface area contributed by atoms with Crippen molar-refractivity contribution in [3.63, 3.8) is 0 Å². The summed E-state index contributed by atoms with van der Waals surface area (Å²) in [5.41, 5.74) is 3.56. The molecule has 0 spiro atoms. The summed E-state index contributed by atoms with van der Waals surface area (Å²) in [7, 11) is 0. The third-order valence-electron chi connectivity index (χ3n) is 3.44. The van der Waals surface area contributed by atoms with Crippen molar-refractivity contribution < 1.29 is 9.59 Å². The van der Waals surface area contributed by atoms with Crippen LogP contribution in [0.1, 0.15) is 5.56 Å². The molecule has 6 nitrogen and oxygen atoms in total. The second-order valence-corrected chi connectivity index (χ2v) is 5.94. The molecule has 1 N–H and O–H groups in total. The third-order valence-corrected chi connectivity index (χ3v) is 4.25. The van der Waals surface area contributed by atoms with Gasteiger partial charge in [-0.05, 0) is 47.7 Å². The number of thioether (sulfide) groups is 1. The fourth-order valence-corrected chi connectivity index (χ4v) is 3.07. The van der Waals surface area contributed by atoms with Crippen molar-refractivity contribution in [3.05, 3.63) is 59.5 Å². The molecule has 0 radical (unpaired) electrons. The van der Waals surface area contributed by atoms with Gasteiger partial charge >= 0.3 is 29.6 Å². The van der Waals surface area contributed by atoms with Gasteiger partial charge in [-0.1, -0.05) is 0 Å². The SMILES string of the molecule is O=C1NC(=O)C(=Cc2ccc3ncc(-c4ccncc4)n3c2)S1.[NaH]. The fraction of sp³-hybridized carbons (Fsp3) is 0. The molecule has 24 heavy (non-hydrogen) atoms. The number of pyridine rings is 2. The molecule has 0 unspecified atom stereocenters. The Hall–Kier alpha value is -1.93. The molecule has 0 saturated carbocycles. The van der Waals surface area contributed by atoms with Gasteiger partial charge in [-0.3, -0.25) is 24.3 Å². The monoisotopic (exact) mass is 346 g/mol. The van der Waals surface area contributed by atoms with E-state index in [9.17, 15) is 9.59 Å². The number of imidazole rings is 1. The molecule has 4 rings (SSSR count). The molecule has 4 heterocycles. The van der Waals surface area contributed by atoms with Crippen LogP contribution in [0.25, 0.3) is 23.0 Å². The zero-order chi connectivity index (χ0) is 15.8. The van der Waals surface area contributed by atoms with Crippen molar-refractivity contribution in [1.82, 2.24) is 19.7 Å². The van der Waals surface area contributed by atoms with Crippen LogP contribution in [0, 0.1) is 0 Å². The Bertz CT molecular complexity index is 969. The minimum absolute atomic E-state index is 0. The molecule has 0 bridgehead atoms. The molecule has 1 fully saturated rings. The first kappa shape index (κ1) is 16.9. The maximum absolute atomic E-state index is 11.6. The van der Waals surface area contributed by atoms with Crippen LogP contribution in [0.4, 0.5) is 4.79 Å². The fourth-order valence-electron chi connectivity index (χ4n) is 2.39. The number of fused-ring (bicyclic) bond motifs is 1. The van der Waals surface area contributed by atoms with Crippen LogP contribution in [0.15, 0.2) is 54.0 Å². The van der Waals surface area contributed by atoms with Crippen LogP contribution in [-0.2, 0) is 4.79 Å². The number of carbonyl (C=O) groups excluding carboxylic acids is 2. The second-order valence-electron chi connectivity index (χ2n) is 4.92. The number of rotatable bonds is 2. The third kappa shape index (κ3) is 3.16. The van der Waals surface area contributed by atoms with E-state index in [1.165, 1.54) is 0 Å². The van der Waals surface area contributed by atoms with E-state index in [0.717, 1.165) is 34.2 Å². The van der Waals surface area contributed by atoms with Crippen molar-refractivity contribution in [1.29, 1.82) is 0 Å². The van der Waals surface area contributed by atoms with E-state index < -0.39 is 0 Å². The van der Waals surface area contributed by atoms with E-state index >= 15 is 0 Å². The molecule has 3 aromatic rings. The summed E-state index contributed by atoms with van der Waals surface area (Å²) >= 11 is 0.905. The summed E-state index contributed by atoms with van der Waals surface area (Å²) in [6.07, 6.45) is 8.84. The summed E-state index contributed by atoms with van der Waals surface area (Å²) in [6.45, 7) is 0. The number of carbonyl (C=O) groups is 2. The van der Waals surface area contributed by atoms with E-state index in [4.69, 9.17) is 0 Å². The molecule has 0 aliphatic carbocycles. The van der Waals surface area contributed by atoms with Crippen LogP contribution >= 0.6 is 11.8 Å². The maximum atomic E-state index is 11.6. The van der Waals surface area contributed by atoms with Gasteiger partial charge in [0.25, 0.3) is 11.1 Å². The summed E-state index contributed by atoms with van der Waals surface area (Å²) in [4.78, 5) is 31.7. The number of nitrogens with zero attached hydrogens (tertiary/aromatic N) is 3. The van der Waals surface area contributed by atoms with E-state index in [1.807, 2.05) is 34.9 Å².